The molecule has 1 saturated carbocycles. The number of amides is 2. The van der Waals surface area contributed by atoms with Crippen molar-refractivity contribution in [2.75, 3.05) is 19.6 Å². The van der Waals surface area contributed by atoms with Gasteiger partial charge >= 0.3 is 0 Å². The Morgan fingerprint density at radius 2 is 1.90 bits per heavy atom. The summed E-state index contributed by atoms with van der Waals surface area (Å²) in [6.07, 6.45) is 7.24. The van der Waals surface area contributed by atoms with Gasteiger partial charge in [0.2, 0.25) is 11.8 Å². The van der Waals surface area contributed by atoms with Crippen molar-refractivity contribution in [1.82, 2.24) is 10.2 Å². The summed E-state index contributed by atoms with van der Waals surface area (Å²) in [5, 5.41) is 2.95. The molecule has 0 spiro atoms. The Morgan fingerprint density at radius 1 is 1.19 bits per heavy atom. The number of carbonyl (C=O) groups excluding carboxylic acids is 2. The number of hydrogen-bond donors (Lipinski definition) is 2. The van der Waals surface area contributed by atoms with Crippen molar-refractivity contribution in [2.45, 2.75) is 57.9 Å². The molecule has 0 bridgehead atoms. The lowest BCUT2D eigenvalue weighted by Gasteiger charge is -2.36. The molecule has 1 heterocycles. The predicted molar refractivity (Wildman–Crippen MR) is 82.5 cm³/mol. The lowest BCUT2D eigenvalue weighted by Crippen LogP contribution is -2.48. The van der Waals surface area contributed by atoms with Crippen molar-refractivity contribution in [2.24, 2.45) is 17.6 Å². The minimum atomic E-state index is 0.0247. The lowest BCUT2D eigenvalue weighted by atomic mass is 9.79. The summed E-state index contributed by atoms with van der Waals surface area (Å²) < 4.78 is 0. The summed E-state index contributed by atoms with van der Waals surface area (Å²) >= 11 is 0. The molecule has 2 unspecified atom stereocenters. The van der Waals surface area contributed by atoms with Crippen molar-refractivity contribution < 1.29 is 9.59 Å². The second kappa shape index (κ2) is 7.78. The number of nitrogens with two attached hydrogens (primary N) is 1. The zero-order valence-corrected chi connectivity index (χ0v) is 13.1. The van der Waals surface area contributed by atoms with E-state index in [1.165, 1.54) is 6.42 Å². The first kappa shape index (κ1) is 16.3. The summed E-state index contributed by atoms with van der Waals surface area (Å²) in [4.78, 5) is 25.7. The van der Waals surface area contributed by atoms with Gasteiger partial charge in [-0.05, 0) is 44.6 Å². The average molecular weight is 295 g/mol. The van der Waals surface area contributed by atoms with Gasteiger partial charge in [-0.1, -0.05) is 12.8 Å². The number of hydrogen-bond acceptors (Lipinski definition) is 3. The van der Waals surface area contributed by atoms with E-state index in [-0.39, 0.29) is 17.9 Å². The Kier molecular flexibility index (Phi) is 6.03. The highest BCUT2D eigenvalue weighted by molar-refractivity contribution is 5.79. The number of nitrogens with zero attached hydrogens (tertiary/aromatic N) is 1. The quantitative estimate of drug-likeness (QED) is 0.820. The summed E-state index contributed by atoms with van der Waals surface area (Å²) in [6, 6.07) is 0.239. The molecule has 3 N–H and O–H groups in total. The molecule has 1 aliphatic heterocycles. The maximum absolute atomic E-state index is 12.6. The zero-order valence-electron chi connectivity index (χ0n) is 13.1. The molecule has 0 aromatic heterocycles. The molecule has 21 heavy (non-hydrogen) atoms. The third-order valence-electron chi connectivity index (χ3n) is 4.92. The Balaban J connectivity index is 1.80. The molecule has 0 radical (unpaired) electrons. The van der Waals surface area contributed by atoms with Crippen molar-refractivity contribution in [3.63, 3.8) is 0 Å². The van der Waals surface area contributed by atoms with Crippen LogP contribution < -0.4 is 11.1 Å². The first-order valence-electron chi connectivity index (χ1n) is 8.36. The predicted octanol–water partition coefficient (Wildman–Crippen LogP) is 1.27. The van der Waals surface area contributed by atoms with Crippen LogP contribution in [-0.2, 0) is 9.59 Å². The molecule has 2 amide bonds. The van der Waals surface area contributed by atoms with Gasteiger partial charge in [-0.25, -0.2) is 0 Å². The zero-order chi connectivity index (χ0) is 15.2. The molecule has 2 rings (SSSR count). The van der Waals surface area contributed by atoms with Crippen LogP contribution in [0.2, 0.25) is 0 Å². The van der Waals surface area contributed by atoms with Gasteiger partial charge in [-0.15, -0.1) is 0 Å². The molecule has 5 heteroatoms. The Labute approximate surface area is 127 Å². The molecule has 5 nitrogen and oxygen atoms in total. The molecular weight excluding hydrogens is 266 g/mol. The van der Waals surface area contributed by atoms with E-state index in [9.17, 15) is 9.59 Å². The molecular formula is C16H29N3O2. The van der Waals surface area contributed by atoms with Gasteiger partial charge in [0, 0.05) is 32.0 Å². The number of piperidine rings is 1. The van der Waals surface area contributed by atoms with Crippen LogP contribution in [0, 0.1) is 11.8 Å². The van der Waals surface area contributed by atoms with Crippen molar-refractivity contribution in [3.05, 3.63) is 0 Å². The van der Waals surface area contributed by atoms with E-state index in [0.717, 1.165) is 58.2 Å². The molecule has 1 aliphatic carbocycles. The summed E-state index contributed by atoms with van der Waals surface area (Å²) in [7, 11) is 0. The summed E-state index contributed by atoms with van der Waals surface area (Å²) in [6.45, 7) is 3.84. The minimum absolute atomic E-state index is 0.0247. The normalized spacial score (nSPS) is 27.4. The van der Waals surface area contributed by atoms with E-state index in [1.807, 2.05) is 4.90 Å². The summed E-state index contributed by atoms with van der Waals surface area (Å²) in [5.41, 5.74) is 5.65. The van der Waals surface area contributed by atoms with Crippen LogP contribution in [0.25, 0.3) is 0 Å². The minimum Gasteiger partial charge on any atom is -0.353 e. The van der Waals surface area contributed by atoms with Gasteiger partial charge in [0.15, 0.2) is 0 Å². The van der Waals surface area contributed by atoms with Crippen LogP contribution >= 0.6 is 0 Å². The van der Waals surface area contributed by atoms with Crippen LogP contribution in [-0.4, -0.2) is 42.4 Å². The van der Waals surface area contributed by atoms with Gasteiger partial charge in [-0.3, -0.25) is 9.59 Å². The first-order valence-corrected chi connectivity index (χ1v) is 8.36. The fraction of sp³-hybridized carbons (Fsp3) is 0.875. The standard InChI is InChI=1S/C16H29N3O2/c1-12(20)18-15-6-9-19(10-7-15)16(21)14-4-2-3-13(11-14)5-8-17/h13-15H,2-11,17H2,1H3,(H,18,20). The van der Waals surface area contributed by atoms with E-state index < -0.39 is 0 Å². The van der Waals surface area contributed by atoms with Crippen molar-refractivity contribution in [1.29, 1.82) is 0 Å². The first-order chi connectivity index (χ1) is 10.1. The van der Waals surface area contributed by atoms with Gasteiger partial charge in [0.1, 0.15) is 0 Å². The highest BCUT2D eigenvalue weighted by Gasteiger charge is 2.31. The average Bonchev–Trinajstić information content (AvgIpc) is 2.47. The van der Waals surface area contributed by atoms with Gasteiger partial charge < -0.3 is 16.0 Å². The van der Waals surface area contributed by atoms with Crippen LogP contribution in [0.15, 0.2) is 0 Å². The van der Waals surface area contributed by atoms with Crippen LogP contribution in [0.3, 0.4) is 0 Å². The number of rotatable bonds is 4. The Bertz CT molecular complexity index is 363. The molecule has 2 aliphatic rings. The highest BCUT2D eigenvalue weighted by atomic mass is 16.2. The molecule has 2 fully saturated rings. The Morgan fingerprint density at radius 3 is 2.52 bits per heavy atom. The maximum atomic E-state index is 12.6. The smallest absolute Gasteiger partial charge is 0.225 e. The van der Waals surface area contributed by atoms with Crippen molar-refractivity contribution >= 4 is 11.8 Å². The van der Waals surface area contributed by atoms with E-state index in [2.05, 4.69) is 5.32 Å². The number of carbonyl (C=O) groups is 2. The van der Waals surface area contributed by atoms with Crippen LogP contribution in [0.1, 0.15) is 51.9 Å². The van der Waals surface area contributed by atoms with E-state index in [4.69, 9.17) is 5.73 Å². The number of likely N-dealkylation sites (tertiary alicyclic amines) is 1. The largest absolute Gasteiger partial charge is 0.353 e. The third-order valence-corrected chi connectivity index (χ3v) is 4.92. The number of nitrogens with one attached hydrogen (secondary N) is 1. The van der Waals surface area contributed by atoms with Crippen molar-refractivity contribution in [3.8, 4) is 0 Å². The maximum Gasteiger partial charge on any atom is 0.225 e. The molecule has 0 aromatic carbocycles. The molecule has 1 saturated heterocycles. The third kappa shape index (κ3) is 4.70. The van der Waals surface area contributed by atoms with E-state index >= 15 is 0 Å². The fourth-order valence-corrected chi connectivity index (χ4v) is 3.80. The van der Waals surface area contributed by atoms with Crippen LogP contribution in [0.4, 0.5) is 0 Å². The second-order valence-electron chi connectivity index (χ2n) is 6.61. The molecule has 0 aromatic rings. The SMILES string of the molecule is CC(=O)NC1CCN(C(=O)C2CCCC(CCN)C2)CC1. The second-order valence-corrected chi connectivity index (χ2v) is 6.61. The monoisotopic (exact) mass is 295 g/mol. The fourth-order valence-electron chi connectivity index (χ4n) is 3.80. The van der Waals surface area contributed by atoms with Gasteiger partial charge in [-0.2, -0.15) is 0 Å². The lowest BCUT2D eigenvalue weighted by molar-refractivity contribution is -0.138. The molecule has 120 valence electrons. The van der Waals surface area contributed by atoms with E-state index in [1.54, 1.807) is 6.92 Å². The van der Waals surface area contributed by atoms with Gasteiger partial charge in [0.05, 0.1) is 0 Å². The molecule has 2 atom stereocenters. The van der Waals surface area contributed by atoms with Gasteiger partial charge in [0.25, 0.3) is 0 Å². The van der Waals surface area contributed by atoms with E-state index in [0.29, 0.717) is 11.8 Å². The summed E-state index contributed by atoms with van der Waals surface area (Å²) in [5.74, 6) is 1.19. The topological polar surface area (TPSA) is 75.4 Å². The highest BCUT2D eigenvalue weighted by Crippen LogP contribution is 2.32. The Hall–Kier alpha value is -1.10. The van der Waals surface area contributed by atoms with Crippen LogP contribution in [0.5, 0.6) is 0 Å².